The number of carboxylic acid groups (broad SMARTS) is 1. The molecular formula is C15H10ClNO4. The Labute approximate surface area is 124 Å². The summed E-state index contributed by atoms with van der Waals surface area (Å²) in [6.45, 7) is 1.91. The minimum atomic E-state index is -1.03. The number of hydrogen-bond donors (Lipinski definition) is 1. The molecule has 106 valence electrons. The first-order valence-corrected chi connectivity index (χ1v) is 6.48. The molecule has 0 amide bonds. The zero-order chi connectivity index (χ0) is 15.0. The number of aryl methyl sites for hydroxylation is 1. The lowest BCUT2D eigenvalue weighted by Crippen LogP contribution is -1.94. The van der Waals surface area contributed by atoms with E-state index in [1.54, 1.807) is 18.2 Å². The van der Waals surface area contributed by atoms with E-state index in [4.69, 9.17) is 25.9 Å². The van der Waals surface area contributed by atoms with Crippen molar-refractivity contribution in [3.8, 4) is 11.8 Å². The van der Waals surface area contributed by atoms with Crippen LogP contribution in [0, 0.1) is 6.92 Å². The van der Waals surface area contributed by atoms with E-state index < -0.39 is 5.97 Å². The zero-order valence-corrected chi connectivity index (χ0v) is 11.7. The SMILES string of the molecule is Cc1ccc(Cl)c(Oc2nc3ccc(C(=O)O)cc3o2)c1. The number of ether oxygens (including phenoxy) is 1. The summed E-state index contributed by atoms with van der Waals surface area (Å²) in [5.41, 5.74) is 1.96. The standard InChI is InChI=1S/C15H10ClNO4/c1-8-2-4-10(16)12(6-8)20-15-17-11-5-3-9(14(18)19)7-13(11)21-15/h2-7H,1H3,(H,18,19). The summed E-state index contributed by atoms with van der Waals surface area (Å²) < 4.78 is 10.9. The topological polar surface area (TPSA) is 72.6 Å². The number of carbonyl (C=O) groups is 1. The molecule has 21 heavy (non-hydrogen) atoms. The minimum Gasteiger partial charge on any atom is -0.478 e. The quantitative estimate of drug-likeness (QED) is 0.781. The molecule has 2 aromatic carbocycles. The number of rotatable bonds is 3. The Kier molecular flexibility index (Phi) is 3.27. The van der Waals surface area contributed by atoms with Gasteiger partial charge in [0.25, 0.3) is 0 Å². The van der Waals surface area contributed by atoms with Gasteiger partial charge in [0.1, 0.15) is 5.52 Å². The first-order chi connectivity index (χ1) is 10.0. The fourth-order valence-electron chi connectivity index (χ4n) is 1.86. The fraction of sp³-hybridized carbons (Fsp3) is 0.0667. The molecule has 0 unspecified atom stereocenters. The number of aromatic carboxylic acids is 1. The first kappa shape index (κ1) is 13.5. The molecule has 0 fully saturated rings. The highest BCUT2D eigenvalue weighted by Crippen LogP contribution is 2.31. The van der Waals surface area contributed by atoms with Crippen LogP contribution in [0.25, 0.3) is 11.1 Å². The van der Waals surface area contributed by atoms with E-state index in [-0.39, 0.29) is 11.6 Å². The van der Waals surface area contributed by atoms with Crippen molar-refractivity contribution in [2.24, 2.45) is 0 Å². The number of halogens is 1. The number of aromatic nitrogens is 1. The largest absolute Gasteiger partial charge is 0.478 e. The monoisotopic (exact) mass is 303 g/mol. The summed E-state index contributed by atoms with van der Waals surface area (Å²) in [5, 5.41) is 9.38. The highest BCUT2D eigenvalue weighted by atomic mass is 35.5. The van der Waals surface area contributed by atoms with Gasteiger partial charge in [0.15, 0.2) is 11.3 Å². The van der Waals surface area contributed by atoms with Crippen molar-refractivity contribution < 1.29 is 19.1 Å². The van der Waals surface area contributed by atoms with E-state index >= 15 is 0 Å². The summed E-state index contributed by atoms with van der Waals surface area (Å²) in [5.74, 6) is -0.598. The fourth-order valence-corrected chi connectivity index (χ4v) is 2.02. The molecule has 5 nitrogen and oxygen atoms in total. The molecule has 0 saturated heterocycles. The van der Waals surface area contributed by atoms with Crippen LogP contribution >= 0.6 is 11.6 Å². The summed E-state index contributed by atoms with van der Waals surface area (Å²) in [7, 11) is 0. The van der Waals surface area contributed by atoms with E-state index in [0.717, 1.165) is 5.56 Å². The van der Waals surface area contributed by atoms with Crippen molar-refractivity contribution in [3.05, 3.63) is 52.5 Å². The molecule has 3 aromatic rings. The number of hydrogen-bond acceptors (Lipinski definition) is 4. The summed E-state index contributed by atoms with van der Waals surface area (Å²) in [6, 6.07) is 9.76. The van der Waals surface area contributed by atoms with Gasteiger partial charge in [0, 0.05) is 0 Å². The van der Waals surface area contributed by atoms with Gasteiger partial charge in [0.2, 0.25) is 0 Å². The van der Waals surface area contributed by atoms with Gasteiger partial charge >= 0.3 is 12.0 Å². The van der Waals surface area contributed by atoms with Gasteiger partial charge in [-0.05, 0) is 42.8 Å². The van der Waals surface area contributed by atoms with Crippen LogP contribution in [-0.2, 0) is 0 Å². The van der Waals surface area contributed by atoms with Crippen LogP contribution in [0.3, 0.4) is 0 Å². The Balaban J connectivity index is 1.97. The van der Waals surface area contributed by atoms with Gasteiger partial charge in [-0.3, -0.25) is 0 Å². The summed E-state index contributed by atoms with van der Waals surface area (Å²) in [6.07, 6.45) is 0.0139. The van der Waals surface area contributed by atoms with Gasteiger partial charge < -0.3 is 14.3 Å². The van der Waals surface area contributed by atoms with Crippen molar-refractivity contribution in [1.82, 2.24) is 4.98 Å². The third-order valence-corrected chi connectivity index (χ3v) is 3.21. The van der Waals surface area contributed by atoms with Crippen molar-refractivity contribution in [2.45, 2.75) is 6.92 Å². The molecule has 0 radical (unpaired) electrons. The predicted octanol–water partition coefficient (Wildman–Crippen LogP) is 4.28. The van der Waals surface area contributed by atoms with Gasteiger partial charge in [-0.25, -0.2) is 4.79 Å². The van der Waals surface area contributed by atoms with Crippen molar-refractivity contribution in [2.75, 3.05) is 0 Å². The van der Waals surface area contributed by atoms with E-state index in [9.17, 15) is 4.79 Å². The number of benzene rings is 2. The number of fused-ring (bicyclic) bond motifs is 1. The van der Waals surface area contributed by atoms with Crippen molar-refractivity contribution >= 4 is 28.7 Å². The van der Waals surface area contributed by atoms with Gasteiger partial charge in [-0.15, -0.1) is 0 Å². The average molecular weight is 304 g/mol. The number of carboxylic acids is 1. The van der Waals surface area contributed by atoms with Crippen LogP contribution in [0.2, 0.25) is 5.02 Å². The Morgan fingerprint density at radius 3 is 2.86 bits per heavy atom. The molecule has 3 rings (SSSR count). The van der Waals surface area contributed by atoms with Crippen molar-refractivity contribution in [3.63, 3.8) is 0 Å². The number of oxazole rings is 1. The van der Waals surface area contributed by atoms with Crippen LogP contribution in [0.4, 0.5) is 0 Å². The molecule has 0 saturated carbocycles. The molecule has 0 bridgehead atoms. The summed E-state index contributed by atoms with van der Waals surface area (Å²) >= 11 is 6.04. The Morgan fingerprint density at radius 1 is 1.29 bits per heavy atom. The minimum absolute atomic E-state index is 0.0139. The van der Waals surface area contributed by atoms with E-state index in [0.29, 0.717) is 21.9 Å². The van der Waals surface area contributed by atoms with Crippen LogP contribution in [0.15, 0.2) is 40.8 Å². The van der Waals surface area contributed by atoms with E-state index in [1.165, 1.54) is 12.1 Å². The molecular weight excluding hydrogens is 294 g/mol. The maximum absolute atomic E-state index is 10.9. The highest BCUT2D eigenvalue weighted by Gasteiger charge is 2.12. The molecule has 1 aromatic heterocycles. The molecule has 1 heterocycles. The molecule has 0 aliphatic heterocycles. The van der Waals surface area contributed by atoms with Crippen LogP contribution in [0.5, 0.6) is 11.8 Å². The molecule has 0 aliphatic rings. The zero-order valence-electron chi connectivity index (χ0n) is 11.0. The smallest absolute Gasteiger partial charge is 0.400 e. The lowest BCUT2D eigenvalue weighted by Gasteiger charge is -2.03. The van der Waals surface area contributed by atoms with E-state index in [1.807, 2.05) is 13.0 Å². The average Bonchev–Trinajstić information content (AvgIpc) is 2.84. The third-order valence-electron chi connectivity index (χ3n) is 2.90. The second kappa shape index (κ2) is 5.10. The lowest BCUT2D eigenvalue weighted by atomic mass is 10.2. The van der Waals surface area contributed by atoms with Gasteiger partial charge in [-0.1, -0.05) is 17.7 Å². The highest BCUT2D eigenvalue weighted by molar-refractivity contribution is 6.32. The molecule has 0 spiro atoms. The Bertz CT molecular complexity index is 841. The maximum atomic E-state index is 10.9. The maximum Gasteiger partial charge on any atom is 0.400 e. The second-order valence-electron chi connectivity index (χ2n) is 4.50. The molecule has 6 heteroatoms. The third kappa shape index (κ3) is 2.68. The first-order valence-electron chi connectivity index (χ1n) is 6.11. The second-order valence-corrected chi connectivity index (χ2v) is 4.91. The Hall–Kier alpha value is -2.53. The predicted molar refractivity (Wildman–Crippen MR) is 77.2 cm³/mol. The van der Waals surface area contributed by atoms with Crippen molar-refractivity contribution in [1.29, 1.82) is 0 Å². The van der Waals surface area contributed by atoms with Crippen LogP contribution in [-0.4, -0.2) is 16.1 Å². The lowest BCUT2D eigenvalue weighted by molar-refractivity contribution is 0.0697. The van der Waals surface area contributed by atoms with Gasteiger partial charge in [-0.2, -0.15) is 4.98 Å². The molecule has 1 N–H and O–H groups in total. The van der Waals surface area contributed by atoms with E-state index in [2.05, 4.69) is 4.98 Å². The number of nitrogens with zero attached hydrogens (tertiary/aromatic N) is 1. The normalized spacial score (nSPS) is 10.8. The van der Waals surface area contributed by atoms with Crippen LogP contribution < -0.4 is 4.74 Å². The molecule has 0 aliphatic carbocycles. The Morgan fingerprint density at radius 2 is 2.10 bits per heavy atom. The molecule has 0 atom stereocenters. The van der Waals surface area contributed by atoms with Gasteiger partial charge in [0.05, 0.1) is 10.6 Å². The summed E-state index contributed by atoms with van der Waals surface area (Å²) in [4.78, 5) is 15.1. The van der Waals surface area contributed by atoms with Crippen LogP contribution in [0.1, 0.15) is 15.9 Å².